The normalized spacial score (nSPS) is 27.6. The SMILES string of the molecule is CN(C)C1(c2ccccc2)CCC2(CC1)CN(CC(C)(C)CNCC(N)=O)C(=O)N2CC1CCC1. The average Bonchev–Trinajstić information content (AvgIpc) is 3.01. The highest BCUT2D eigenvalue weighted by Gasteiger charge is 2.55. The standard InChI is InChI=1S/C28H45N5O2/c1-26(2,19-30-17-24(29)34)20-32-21-27(33(25(32)35)18-22-9-8-10-22)13-15-28(16-14-27,31(3)4)23-11-6-5-7-12-23/h5-7,11-12,22,30H,8-10,13-21H2,1-4H3,(H2,29,34). The van der Waals surface area contributed by atoms with E-state index in [0.29, 0.717) is 19.0 Å². The quantitative estimate of drug-likeness (QED) is 0.534. The van der Waals surface area contributed by atoms with Crippen molar-refractivity contribution in [3.05, 3.63) is 35.9 Å². The number of nitrogens with one attached hydrogen (secondary N) is 1. The maximum Gasteiger partial charge on any atom is 0.320 e. The zero-order valence-electron chi connectivity index (χ0n) is 22.2. The van der Waals surface area contributed by atoms with Crippen LogP contribution in [0.5, 0.6) is 0 Å². The molecular formula is C28H45N5O2. The van der Waals surface area contributed by atoms with E-state index in [0.717, 1.165) is 38.8 Å². The molecule has 35 heavy (non-hydrogen) atoms. The van der Waals surface area contributed by atoms with Gasteiger partial charge < -0.3 is 20.9 Å². The van der Waals surface area contributed by atoms with Crippen molar-refractivity contribution in [2.24, 2.45) is 17.1 Å². The topological polar surface area (TPSA) is 81.9 Å². The van der Waals surface area contributed by atoms with E-state index in [-0.39, 0.29) is 35.0 Å². The fourth-order valence-corrected chi connectivity index (χ4v) is 6.61. The van der Waals surface area contributed by atoms with Crippen molar-refractivity contribution in [3.8, 4) is 0 Å². The summed E-state index contributed by atoms with van der Waals surface area (Å²) in [4.78, 5) is 31.7. The molecule has 0 bridgehead atoms. The molecule has 3 N–H and O–H groups in total. The van der Waals surface area contributed by atoms with Gasteiger partial charge in [0.05, 0.1) is 12.1 Å². The molecule has 1 aromatic carbocycles. The van der Waals surface area contributed by atoms with Crippen molar-refractivity contribution in [2.45, 2.75) is 69.9 Å². The third kappa shape index (κ3) is 5.36. The molecule has 2 aliphatic carbocycles. The van der Waals surface area contributed by atoms with Crippen LogP contribution in [0.3, 0.4) is 0 Å². The van der Waals surface area contributed by atoms with Crippen molar-refractivity contribution in [1.29, 1.82) is 0 Å². The summed E-state index contributed by atoms with van der Waals surface area (Å²) in [6.45, 7) is 7.50. The molecule has 3 fully saturated rings. The van der Waals surface area contributed by atoms with E-state index in [2.05, 4.69) is 78.3 Å². The number of urea groups is 1. The Morgan fingerprint density at radius 3 is 2.34 bits per heavy atom. The first kappa shape index (κ1) is 26.0. The van der Waals surface area contributed by atoms with Gasteiger partial charge in [-0.1, -0.05) is 50.6 Å². The second kappa shape index (κ2) is 10.1. The lowest BCUT2D eigenvalue weighted by molar-refractivity contribution is -0.117. The number of amides is 3. The molecule has 1 spiro atoms. The predicted molar refractivity (Wildman–Crippen MR) is 140 cm³/mol. The number of primary amides is 1. The van der Waals surface area contributed by atoms with Crippen LogP contribution in [0.4, 0.5) is 4.79 Å². The van der Waals surface area contributed by atoms with Crippen LogP contribution in [0.15, 0.2) is 30.3 Å². The highest BCUT2D eigenvalue weighted by Crippen LogP contribution is 2.49. The van der Waals surface area contributed by atoms with Gasteiger partial charge in [0.25, 0.3) is 0 Å². The molecule has 3 aliphatic rings. The van der Waals surface area contributed by atoms with Gasteiger partial charge in [-0.3, -0.25) is 9.69 Å². The Balaban J connectivity index is 1.52. The summed E-state index contributed by atoms with van der Waals surface area (Å²) in [6, 6.07) is 11.1. The van der Waals surface area contributed by atoms with Gasteiger partial charge in [0.15, 0.2) is 0 Å². The molecule has 1 saturated heterocycles. The van der Waals surface area contributed by atoms with Crippen LogP contribution in [-0.2, 0) is 10.3 Å². The first-order valence-electron chi connectivity index (χ1n) is 13.4. The van der Waals surface area contributed by atoms with Gasteiger partial charge in [0.2, 0.25) is 5.91 Å². The molecule has 3 amide bonds. The highest BCUT2D eigenvalue weighted by atomic mass is 16.2. The van der Waals surface area contributed by atoms with E-state index in [1.165, 1.54) is 24.8 Å². The summed E-state index contributed by atoms with van der Waals surface area (Å²) in [5, 5.41) is 3.16. The minimum absolute atomic E-state index is 0.0169. The minimum atomic E-state index is -0.353. The zero-order valence-corrected chi connectivity index (χ0v) is 22.2. The number of hydrogen-bond donors (Lipinski definition) is 2. The lowest BCUT2D eigenvalue weighted by Crippen LogP contribution is -2.56. The van der Waals surface area contributed by atoms with Gasteiger partial charge in [-0.05, 0) is 69.5 Å². The lowest BCUT2D eigenvalue weighted by Gasteiger charge is -2.51. The Morgan fingerprint density at radius 1 is 1.14 bits per heavy atom. The molecule has 1 heterocycles. The number of carbonyl (C=O) groups excluding carboxylic acids is 2. The number of nitrogens with zero attached hydrogens (tertiary/aromatic N) is 3. The summed E-state index contributed by atoms with van der Waals surface area (Å²) >= 11 is 0. The van der Waals surface area contributed by atoms with Crippen LogP contribution in [0.2, 0.25) is 0 Å². The van der Waals surface area contributed by atoms with Crippen LogP contribution >= 0.6 is 0 Å². The molecule has 0 radical (unpaired) electrons. The minimum Gasteiger partial charge on any atom is -0.369 e. The molecule has 7 heteroatoms. The fourth-order valence-electron chi connectivity index (χ4n) is 6.61. The maximum absolute atomic E-state index is 13.8. The molecule has 1 aliphatic heterocycles. The Bertz CT molecular complexity index is 888. The van der Waals surface area contributed by atoms with E-state index in [9.17, 15) is 9.59 Å². The maximum atomic E-state index is 13.8. The van der Waals surface area contributed by atoms with Crippen LogP contribution < -0.4 is 11.1 Å². The van der Waals surface area contributed by atoms with Crippen LogP contribution in [0.25, 0.3) is 0 Å². The summed E-state index contributed by atoms with van der Waals surface area (Å²) in [5.74, 6) is 0.296. The molecular weight excluding hydrogens is 438 g/mol. The molecule has 0 atom stereocenters. The molecule has 0 unspecified atom stereocenters. The van der Waals surface area contributed by atoms with Crippen molar-refractivity contribution in [2.75, 3.05) is 46.8 Å². The van der Waals surface area contributed by atoms with E-state index in [1.807, 2.05) is 0 Å². The van der Waals surface area contributed by atoms with E-state index < -0.39 is 0 Å². The molecule has 194 valence electrons. The first-order valence-corrected chi connectivity index (χ1v) is 13.4. The molecule has 7 nitrogen and oxygen atoms in total. The Kier molecular flexibility index (Phi) is 7.49. The van der Waals surface area contributed by atoms with Crippen molar-refractivity contribution in [1.82, 2.24) is 20.0 Å². The smallest absolute Gasteiger partial charge is 0.320 e. The zero-order chi connectivity index (χ0) is 25.3. The average molecular weight is 484 g/mol. The third-order valence-electron chi connectivity index (χ3n) is 8.92. The summed E-state index contributed by atoms with van der Waals surface area (Å²) < 4.78 is 0. The fraction of sp³-hybridized carbons (Fsp3) is 0.714. The van der Waals surface area contributed by atoms with Crippen molar-refractivity contribution < 1.29 is 9.59 Å². The second-order valence-electron chi connectivity index (χ2n) is 12.3. The molecule has 1 aromatic rings. The van der Waals surface area contributed by atoms with Crippen LogP contribution in [0.1, 0.15) is 64.4 Å². The summed E-state index contributed by atoms with van der Waals surface area (Å²) in [7, 11) is 4.40. The summed E-state index contributed by atoms with van der Waals surface area (Å²) in [6.07, 6.45) is 7.93. The van der Waals surface area contributed by atoms with Crippen molar-refractivity contribution in [3.63, 3.8) is 0 Å². The Hall–Kier alpha value is -2.12. The van der Waals surface area contributed by atoms with Crippen LogP contribution in [0, 0.1) is 11.3 Å². The van der Waals surface area contributed by atoms with E-state index >= 15 is 0 Å². The molecule has 4 rings (SSSR count). The van der Waals surface area contributed by atoms with E-state index in [1.54, 1.807) is 0 Å². The predicted octanol–water partition coefficient (Wildman–Crippen LogP) is 3.40. The highest BCUT2D eigenvalue weighted by molar-refractivity contribution is 5.78. The van der Waals surface area contributed by atoms with Crippen LogP contribution in [-0.4, -0.2) is 79.0 Å². The van der Waals surface area contributed by atoms with Gasteiger partial charge in [0.1, 0.15) is 0 Å². The number of nitrogens with two attached hydrogens (primary N) is 1. The Morgan fingerprint density at radius 2 is 1.80 bits per heavy atom. The Labute approximate surface area is 211 Å². The first-order chi connectivity index (χ1) is 16.6. The third-order valence-corrected chi connectivity index (χ3v) is 8.92. The number of carbonyl (C=O) groups is 2. The van der Waals surface area contributed by atoms with E-state index in [4.69, 9.17) is 5.73 Å². The monoisotopic (exact) mass is 483 g/mol. The van der Waals surface area contributed by atoms with Gasteiger partial charge >= 0.3 is 6.03 Å². The molecule has 0 aromatic heterocycles. The van der Waals surface area contributed by atoms with Gasteiger partial charge in [-0.2, -0.15) is 0 Å². The number of hydrogen-bond acceptors (Lipinski definition) is 4. The number of rotatable bonds is 10. The van der Waals surface area contributed by atoms with Gasteiger partial charge in [-0.25, -0.2) is 4.79 Å². The van der Waals surface area contributed by atoms with Gasteiger partial charge in [-0.15, -0.1) is 0 Å². The molecule has 2 saturated carbocycles. The van der Waals surface area contributed by atoms with Crippen molar-refractivity contribution >= 4 is 11.9 Å². The lowest BCUT2D eigenvalue weighted by atomic mass is 9.68. The number of benzene rings is 1. The summed E-state index contributed by atoms with van der Waals surface area (Å²) in [5.41, 5.74) is 6.46. The second-order valence-corrected chi connectivity index (χ2v) is 12.3. The largest absolute Gasteiger partial charge is 0.369 e. The van der Waals surface area contributed by atoms with Gasteiger partial charge in [0, 0.05) is 31.7 Å².